The minimum atomic E-state index is -3.70. The normalized spacial score (nSPS) is 17.8. The first-order chi connectivity index (χ1) is 17.1. The number of fused-ring (bicyclic) bond motifs is 1. The molecule has 2 aromatic heterocycles. The van der Waals surface area contributed by atoms with Crippen LogP contribution in [0.25, 0.3) is 22.4 Å². The van der Waals surface area contributed by atoms with Crippen molar-refractivity contribution in [3.8, 4) is 11.4 Å². The Kier molecular flexibility index (Phi) is 6.59. The number of hydrogen-bond donors (Lipinski definition) is 2. The number of ketones is 1. The number of Topliss-reactive ketones (excluding diaryl/α,β-unsaturated/α-hetero) is 1. The molecule has 0 saturated heterocycles. The molecule has 8 nitrogen and oxygen atoms in total. The van der Waals surface area contributed by atoms with E-state index in [2.05, 4.69) is 20.2 Å². The zero-order valence-corrected chi connectivity index (χ0v) is 21.5. The Morgan fingerprint density at radius 2 is 1.83 bits per heavy atom. The van der Waals surface area contributed by atoms with E-state index < -0.39 is 9.84 Å². The van der Waals surface area contributed by atoms with E-state index in [-0.39, 0.29) is 39.9 Å². The fourth-order valence-electron chi connectivity index (χ4n) is 4.36. The number of hydrogen-bond acceptors (Lipinski definition) is 7. The van der Waals surface area contributed by atoms with Crippen LogP contribution in [0.5, 0.6) is 0 Å². The number of nitrogens with zero attached hydrogens (tertiary/aromatic N) is 3. The molecule has 5 rings (SSSR count). The number of benzene rings is 2. The first-order valence-corrected chi connectivity index (χ1v) is 13.7. The Labute approximate surface area is 217 Å². The van der Waals surface area contributed by atoms with Crippen LogP contribution in [0.3, 0.4) is 0 Å². The number of H-pyrrole nitrogens is 1. The molecule has 0 bridgehead atoms. The van der Waals surface area contributed by atoms with E-state index >= 15 is 0 Å². The number of aromatic amines is 1. The second-order valence-electron chi connectivity index (χ2n) is 9.03. The molecule has 0 amide bonds. The van der Waals surface area contributed by atoms with Crippen LogP contribution >= 0.6 is 23.2 Å². The van der Waals surface area contributed by atoms with Crippen molar-refractivity contribution in [3.63, 3.8) is 0 Å². The van der Waals surface area contributed by atoms with E-state index in [4.69, 9.17) is 23.2 Å². The van der Waals surface area contributed by atoms with Gasteiger partial charge in [0.1, 0.15) is 5.78 Å². The number of aliphatic hydroxyl groups excluding tert-OH is 1. The smallest absolute Gasteiger partial charge is 0.185 e. The lowest BCUT2D eigenvalue weighted by Gasteiger charge is -2.29. The fourth-order valence-corrected chi connectivity index (χ4v) is 6.52. The average Bonchev–Trinajstić information content (AvgIpc) is 3.21. The summed E-state index contributed by atoms with van der Waals surface area (Å²) in [7, 11) is -3.70. The van der Waals surface area contributed by atoms with Crippen molar-refractivity contribution in [2.24, 2.45) is 5.92 Å². The number of halogens is 2. The minimum Gasteiger partial charge on any atom is -0.393 e. The predicted molar refractivity (Wildman–Crippen MR) is 137 cm³/mol. The zero-order valence-electron chi connectivity index (χ0n) is 19.2. The molecule has 0 atom stereocenters. The van der Waals surface area contributed by atoms with E-state index in [0.29, 0.717) is 57.2 Å². The molecule has 0 aliphatic heterocycles. The number of carbonyl (C=O) groups is 1. The highest BCUT2D eigenvalue weighted by atomic mass is 35.5. The zero-order chi connectivity index (χ0) is 25.6. The summed E-state index contributed by atoms with van der Waals surface area (Å²) >= 11 is 12.0. The monoisotopic (exact) mass is 544 g/mol. The highest BCUT2D eigenvalue weighted by molar-refractivity contribution is 7.90. The van der Waals surface area contributed by atoms with Crippen LogP contribution in [0.1, 0.15) is 29.8 Å². The van der Waals surface area contributed by atoms with Crippen LogP contribution in [0.2, 0.25) is 10.0 Å². The average molecular weight is 545 g/mol. The number of aliphatic hydroxyl groups is 1. The van der Waals surface area contributed by atoms with E-state index in [9.17, 15) is 18.3 Å². The van der Waals surface area contributed by atoms with Gasteiger partial charge in [-0.05, 0) is 43.5 Å². The van der Waals surface area contributed by atoms with Crippen molar-refractivity contribution in [3.05, 3.63) is 69.5 Å². The number of nitrogens with one attached hydrogen (secondary N) is 1. The van der Waals surface area contributed by atoms with Crippen molar-refractivity contribution in [2.45, 2.75) is 42.9 Å². The second kappa shape index (κ2) is 9.55. The third-order valence-electron chi connectivity index (χ3n) is 6.39. The molecule has 1 aliphatic carbocycles. The predicted octanol–water partition coefficient (Wildman–Crippen LogP) is 4.49. The Morgan fingerprint density at radius 3 is 2.53 bits per heavy atom. The van der Waals surface area contributed by atoms with Gasteiger partial charge in [-0.3, -0.25) is 9.89 Å². The summed E-state index contributed by atoms with van der Waals surface area (Å²) in [6, 6.07) is 11.3. The molecule has 2 heterocycles. The van der Waals surface area contributed by atoms with Gasteiger partial charge in [-0.25, -0.2) is 18.4 Å². The van der Waals surface area contributed by atoms with Crippen LogP contribution in [0, 0.1) is 12.8 Å². The summed E-state index contributed by atoms with van der Waals surface area (Å²) in [6.07, 6.45) is 0.824. The molecule has 36 heavy (non-hydrogen) atoms. The number of rotatable bonds is 7. The van der Waals surface area contributed by atoms with Gasteiger partial charge in [0.2, 0.25) is 0 Å². The molecule has 0 unspecified atom stereocenters. The van der Waals surface area contributed by atoms with E-state index in [1.165, 1.54) is 18.2 Å². The van der Waals surface area contributed by atoms with Crippen LogP contribution in [0.15, 0.2) is 47.4 Å². The summed E-state index contributed by atoms with van der Waals surface area (Å²) < 4.78 is 25.7. The maximum absolute atomic E-state index is 12.9. The van der Waals surface area contributed by atoms with Crippen LogP contribution in [0.4, 0.5) is 0 Å². The van der Waals surface area contributed by atoms with Gasteiger partial charge in [-0.15, -0.1) is 0 Å². The Hall–Kier alpha value is -2.85. The lowest BCUT2D eigenvalue weighted by Crippen LogP contribution is -2.35. The molecular formula is C25H22Cl2N4O4S. The van der Waals surface area contributed by atoms with Crippen molar-refractivity contribution in [2.75, 3.05) is 0 Å². The van der Waals surface area contributed by atoms with Gasteiger partial charge in [0.15, 0.2) is 21.3 Å². The van der Waals surface area contributed by atoms with Gasteiger partial charge in [-0.2, -0.15) is 5.10 Å². The molecule has 4 aromatic rings. The van der Waals surface area contributed by atoms with E-state index in [1.54, 1.807) is 24.3 Å². The molecule has 2 aromatic carbocycles. The number of carbonyl (C=O) groups excluding carboxylic acids is 1. The van der Waals surface area contributed by atoms with Crippen LogP contribution < -0.4 is 0 Å². The van der Waals surface area contributed by atoms with E-state index in [1.807, 2.05) is 6.92 Å². The number of sulfone groups is 1. The first-order valence-electron chi connectivity index (χ1n) is 11.3. The molecule has 186 valence electrons. The Balaban J connectivity index is 1.36. The fraction of sp³-hybridized carbons (Fsp3) is 0.280. The molecule has 1 aliphatic rings. The first kappa shape index (κ1) is 24.8. The van der Waals surface area contributed by atoms with Gasteiger partial charge in [0, 0.05) is 22.9 Å². The maximum Gasteiger partial charge on any atom is 0.185 e. The topological polar surface area (TPSA) is 126 Å². The highest BCUT2D eigenvalue weighted by Crippen LogP contribution is 2.31. The molecule has 2 N–H and O–H groups in total. The molecule has 11 heteroatoms. The lowest BCUT2D eigenvalue weighted by molar-refractivity contribution is -0.128. The van der Waals surface area contributed by atoms with Crippen LogP contribution in [-0.4, -0.2) is 45.6 Å². The molecule has 1 saturated carbocycles. The molecule has 0 spiro atoms. The standard InChI is InChI=1S/C25H22Cl2N4O4S/c1-13-23-20(11-21(33)16-8-18(32)9-16)30-31-25(23)29-24(28-13)15-4-2-14(3-5-15)12-36(34,35)22-10-17(26)6-7-19(22)27/h2-7,10,16,18,32H,8-9,11-12H2,1H3,(H,28,29,30,31). The van der Waals surface area contributed by atoms with Crippen molar-refractivity contribution in [1.29, 1.82) is 0 Å². The lowest BCUT2D eigenvalue weighted by atomic mass is 9.78. The SMILES string of the molecule is Cc1nc(-c2ccc(CS(=O)(=O)c3cc(Cl)ccc3Cl)cc2)nc2n[nH]c(CC(=O)C3CC(O)C3)c12. The molecule has 1 fully saturated rings. The second-order valence-corrected chi connectivity index (χ2v) is 11.8. The van der Waals surface area contributed by atoms with Crippen molar-refractivity contribution in [1.82, 2.24) is 20.2 Å². The quantitative estimate of drug-likeness (QED) is 0.351. The number of aromatic nitrogens is 4. The van der Waals surface area contributed by atoms with Crippen molar-refractivity contribution >= 4 is 49.9 Å². The largest absolute Gasteiger partial charge is 0.393 e. The summed E-state index contributed by atoms with van der Waals surface area (Å²) in [6.45, 7) is 1.83. The number of aryl methyl sites for hydroxylation is 1. The van der Waals surface area contributed by atoms with E-state index in [0.717, 1.165) is 0 Å². The third kappa shape index (κ3) is 4.88. The summed E-state index contributed by atoms with van der Waals surface area (Å²) in [5, 5.41) is 17.8. The highest BCUT2D eigenvalue weighted by Gasteiger charge is 2.33. The minimum absolute atomic E-state index is 0.00791. The molecule has 0 radical (unpaired) electrons. The summed E-state index contributed by atoms with van der Waals surface area (Å²) in [5.74, 6) is 0.162. The Bertz CT molecular complexity index is 1580. The summed E-state index contributed by atoms with van der Waals surface area (Å²) in [5.41, 5.74) is 3.08. The van der Waals surface area contributed by atoms with Gasteiger partial charge >= 0.3 is 0 Å². The maximum atomic E-state index is 12.9. The summed E-state index contributed by atoms with van der Waals surface area (Å²) in [4.78, 5) is 21.6. The van der Waals surface area contributed by atoms with Gasteiger partial charge < -0.3 is 5.11 Å². The van der Waals surface area contributed by atoms with Crippen LogP contribution in [-0.2, 0) is 26.8 Å². The van der Waals surface area contributed by atoms with Gasteiger partial charge in [0.05, 0.1) is 38.5 Å². The third-order valence-corrected chi connectivity index (χ3v) is 8.78. The molecular weight excluding hydrogens is 523 g/mol. The van der Waals surface area contributed by atoms with Gasteiger partial charge in [0.25, 0.3) is 0 Å². The Morgan fingerprint density at radius 1 is 1.11 bits per heavy atom. The van der Waals surface area contributed by atoms with Crippen molar-refractivity contribution < 1.29 is 18.3 Å². The van der Waals surface area contributed by atoms with Gasteiger partial charge in [-0.1, -0.05) is 47.5 Å².